The van der Waals surface area contributed by atoms with Crippen molar-refractivity contribution in [3.05, 3.63) is 67.7 Å². The summed E-state index contributed by atoms with van der Waals surface area (Å²) < 4.78 is 1.20. The topological polar surface area (TPSA) is 0 Å². The van der Waals surface area contributed by atoms with Crippen LogP contribution in [0.15, 0.2) is 67.7 Å². The first kappa shape index (κ1) is 19.0. The Balaban J connectivity index is 2.29. The third-order valence-electron chi connectivity index (χ3n) is 4.86. The first-order valence-electron chi connectivity index (χ1n) is 8.11. The Bertz CT molecular complexity index is 787. The van der Waals surface area contributed by atoms with E-state index in [9.17, 15) is 0 Å². The molecule has 0 saturated carbocycles. The van der Waals surface area contributed by atoms with Crippen LogP contribution < -0.4 is 0 Å². The van der Waals surface area contributed by atoms with Crippen LogP contribution in [0.1, 0.15) is 13.3 Å². The van der Waals surface area contributed by atoms with Gasteiger partial charge in [-0.15, -0.1) is 0 Å². The molecule has 0 amide bonds. The van der Waals surface area contributed by atoms with Crippen molar-refractivity contribution in [3.8, 4) is 0 Å². The second-order valence-corrected chi connectivity index (χ2v) is 20.8. The summed E-state index contributed by atoms with van der Waals surface area (Å²) in [5, 5.41) is 1.55. The van der Waals surface area contributed by atoms with Crippen molar-refractivity contribution < 1.29 is 19.1 Å². The summed E-state index contributed by atoms with van der Waals surface area (Å²) in [7, 11) is 12.6. The van der Waals surface area contributed by atoms with Gasteiger partial charge in [-0.2, -0.15) is 0 Å². The van der Waals surface area contributed by atoms with E-state index in [1.54, 1.807) is 5.17 Å². The molecule has 0 aromatic rings. The Labute approximate surface area is 166 Å². The quantitative estimate of drug-likeness (QED) is 0.283. The van der Waals surface area contributed by atoms with Crippen LogP contribution in [0.5, 0.6) is 0 Å². The average Bonchev–Trinajstić information content (AvgIpc) is 3.11. The van der Waals surface area contributed by atoms with Gasteiger partial charge in [0.2, 0.25) is 0 Å². The molecule has 3 aliphatic rings. The van der Waals surface area contributed by atoms with Crippen LogP contribution in [-0.2, 0) is 19.1 Å². The van der Waals surface area contributed by atoms with Crippen molar-refractivity contribution in [2.24, 2.45) is 5.92 Å². The molecule has 0 aromatic carbocycles. The molecular weight excluding hydrogens is 541 g/mol. The zero-order valence-corrected chi connectivity index (χ0v) is 21.0. The molecule has 1 unspecified atom stereocenters. The van der Waals surface area contributed by atoms with Gasteiger partial charge in [-0.1, -0.05) is 0 Å². The number of hydrogen-bond acceptors (Lipinski definition) is 0. The summed E-state index contributed by atoms with van der Waals surface area (Å²) in [6, 6.07) is 0. The fourth-order valence-corrected chi connectivity index (χ4v) is 12.6. The molecule has 0 N–H and O–H groups in total. The van der Waals surface area contributed by atoms with Crippen molar-refractivity contribution in [2.45, 2.75) is 26.4 Å². The SMILES string of the molecule is CC1C2=C(C3=CC=CC3)C(CCl)=[C]([Hf]([Cl])[Cl])C2=CC=CC1=[Si](C)C. The molecule has 0 fully saturated rings. The molecular formula is C19H20Cl3HfSi. The second kappa shape index (κ2) is 7.88. The molecule has 0 spiro atoms. The zero-order valence-electron chi connectivity index (χ0n) is 14.1. The first-order chi connectivity index (χ1) is 11.5. The van der Waals surface area contributed by atoms with Gasteiger partial charge in [0.25, 0.3) is 0 Å². The minimum atomic E-state index is -2.79. The van der Waals surface area contributed by atoms with Gasteiger partial charge in [-0.3, -0.25) is 0 Å². The number of alkyl halides is 1. The molecule has 0 radical (unpaired) electrons. The normalized spacial score (nSPS) is 22.8. The Morgan fingerprint density at radius 1 is 1.21 bits per heavy atom. The van der Waals surface area contributed by atoms with Crippen LogP contribution in [0.3, 0.4) is 0 Å². The van der Waals surface area contributed by atoms with Crippen molar-refractivity contribution in [2.75, 3.05) is 5.88 Å². The van der Waals surface area contributed by atoms with Gasteiger partial charge in [0.15, 0.2) is 0 Å². The van der Waals surface area contributed by atoms with Gasteiger partial charge in [-0.25, -0.2) is 0 Å². The van der Waals surface area contributed by atoms with Gasteiger partial charge >= 0.3 is 167 Å². The predicted octanol–water partition coefficient (Wildman–Crippen LogP) is 6.24. The average molecular weight is 561 g/mol. The van der Waals surface area contributed by atoms with E-state index >= 15 is 0 Å². The molecule has 3 aliphatic carbocycles. The number of allylic oxidation sites excluding steroid dienone is 12. The molecule has 0 saturated heterocycles. The second-order valence-electron chi connectivity index (χ2n) is 6.48. The van der Waals surface area contributed by atoms with Crippen molar-refractivity contribution >= 4 is 42.3 Å². The molecule has 0 heterocycles. The number of halogens is 3. The van der Waals surface area contributed by atoms with E-state index in [-0.39, 0.29) is 0 Å². The molecule has 5 heteroatoms. The van der Waals surface area contributed by atoms with Crippen LogP contribution in [0.2, 0.25) is 13.1 Å². The van der Waals surface area contributed by atoms with Crippen molar-refractivity contribution in [3.63, 3.8) is 0 Å². The van der Waals surface area contributed by atoms with Gasteiger partial charge in [-0.05, 0) is 0 Å². The van der Waals surface area contributed by atoms with Gasteiger partial charge in [0.1, 0.15) is 0 Å². The minimum absolute atomic E-state index is 0.394. The maximum atomic E-state index is 6.58. The van der Waals surface area contributed by atoms with Gasteiger partial charge in [0, 0.05) is 0 Å². The predicted molar refractivity (Wildman–Crippen MR) is 107 cm³/mol. The molecule has 3 rings (SSSR count). The van der Waals surface area contributed by atoms with Crippen LogP contribution in [0, 0.1) is 5.92 Å². The molecule has 0 aromatic heterocycles. The molecule has 24 heavy (non-hydrogen) atoms. The van der Waals surface area contributed by atoms with E-state index in [1.807, 2.05) is 0 Å². The summed E-state index contributed by atoms with van der Waals surface area (Å²) >= 11 is 3.61. The third kappa shape index (κ3) is 3.30. The molecule has 0 aliphatic heterocycles. The van der Waals surface area contributed by atoms with E-state index < -0.39 is 27.5 Å². The fraction of sp³-hybridized carbons (Fsp3) is 0.316. The Hall–Kier alpha value is 0.267. The Morgan fingerprint density at radius 2 is 1.96 bits per heavy atom. The van der Waals surface area contributed by atoms with Crippen LogP contribution in [0.4, 0.5) is 0 Å². The summed E-state index contributed by atoms with van der Waals surface area (Å²) in [6.07, 6.45) is 14.2. The van der Waals surface area contributed by atoms with Crippen LogP contribution in [-0.4, -0.2) is 19.5 Å². The van der Waals surface area contributed by atoms with Gasteiger partial charge < -0.3 is 0 Å². The van der Waals surface area contributed by atoms with E-state index in [0.717, 1.165) is 6.42 Å². The van der Waals surface area contributed by atoms with E-state index in [1.165, 1.54) is 31.2 Å². The number of rotatable bonds is 3. The standard InChI is InChI=1S/C19H20ClSi.2ClH.Hf/c1-13-17(21(2)3)10-6-9-15-11-16(12-20)19(18(13)15)14-7-4-5-8-14;;;/h4-7,9-10,13H,8,12H2,1-3H3;2*1H;/q;;;+2/p-2. The van der Waals surface area contributed by atoms with Crippen molar-refractivity contribution in [1.82, 2.24) is 0 Å². The summed E-state index contributed by atoms with van der Waals surface area (Å²) in [6.45, 7) is 7.05. The van der Waals surface area contributed by atoms with E-state index in [0.29, 0.717) is 11.8 Å². The number of hydrogen-bond donors (Lipinski definition) is 0. The fourth-order valence-electron chi connectivity index (χ4n) is 3.84. The molecule has 0 nitrogen and oxygen atoms in total. The molecule has 125 valence electrons. The Kier molecular flexibility index (Phi) is 6.25. The van der Waals surface area contributed by atoms with E-state index in [2.05, 4.69) is 56.5 Å². The maximum absolute atomic E-state index is 6.58. The van der Waals surface area contributed by atoms with Gasteiger partial charge in [0.05, 0.1) is 0 Å². The first-order valence-corrected chi connectivity index (χ1v) is 21.8. The number of fused-ring (bicyclic) bond motifs is 1. The molecule has 1 atom stereocenters. The summed E-state index contributed by atoms with van der Waals surface area (Å²) in [5.74, 6) is 0.878. The third-order valence-corrected chi connectivity index (χ3v) is 13.4. The summed E-state index contributed by atoms with van der Waals surface area (Å²) in [4.78, 5) is 0. The molecule has 0 bridgehead atoms. The van der Waals surface area contributed by atoms with Crippen molar-refractivity contribution in [1.29, 1.82) is 0 Å². The zero-order chi connectivity index (χ0) is 17.4. The Morgan fingerprint density at radius 3 is 2.50 bits per heavy atom. The van der Waals surface area contributed by atoms with Crippen LogP contribution in [0.25, 0.3) is 0 Å². The monoisotopic (exact) mass is 561 g/mol. The van der Waals surface area contributed by atoms with Crippen LogP contribution >= 0.6 is 28.8 Å². The van der Waals surface area contributed by atoms with E-state index in [4.69, 9.17) is 28.8 Å². The summed E-state index contributed by atoms with van der Waals surface area (Å²) in [5.41, 5.74) is 6.56.